The van der Waals surface area contributed by atoms with Crippen molar-refractivity contribution in [1.29, 1.82) is 0 Å². The molecule has 0 radical (unpaired) electrons. The number of hydrogen-bond donors (Lipinski definition) is 1. The molecular weight excluding hydrogens is 316 g/mol. The van der Waals surface area contributed by atoms with Crippen molar-refractivity contribution in [1.82, 2.24) is 10.2 Å². The first-order valence-corrected chi connectivity index (χ1v) is 8.83. The molecule has 3 rings (SSSR count). The molecule has 0 unspecified atom stereocenters. The van der Waals surface area contributed by atoms with E-state index in [-0.39, 0.29) is 17.9 Å². The van der Waals surface area contributed by atoms with Crippen molar-refractivity contribution in [3.8, 4) is 0 Å². The lowest BCUT2D eigenvalue weighted by Crippen LogP contribution is -2.46. The number of amides is 2. The SMILES string of the molecule is CCc1ccc(C(=O)N2CCC(NC(=O)c3ccccc3C)CC2)o1. The minimum atomic E-state index is -0.0663. The van der Waals surface area contributed by atoms with Gasteiger partial charge in [0.2, 0.25) is 0 Å². The molecule has 1 fully saturated rings. The van der Waals surface area contributed by atoms with E-state index in [1.165, 1.54) is 0 Å². The Balaban J connectivity index is 1.54. The number of aryl methyl sites for hydroxylation is 2. The van der Waals surface area contributed by atoms with E-state index < -0.39 is 0 Å². The van der Waals surface area contributed by atoms with E-state index in [1.807, 2.05) is 44.2 Å². The maximum atomic E-state index is 12.5. The molecule has 2 amide bonds. The molecule has 5 nitrogen and oxygen atoms in total. The second-order valence-electron chi connectivity index (χ2n) is 6.47. The van der Waals surface area contributed by atoms with Crippen LogP contribution in [0.25, 0.3) is 0 Å². The second-order valence-corrected chi connectivity index (χ2v) is 6.47. The molecule has 1 saturated heterocycles. The van der Waals surface area contributed by atoms with Crippen LogP contribution in [0.15, 0.2) is 40.8 Å². The van der Waals surface area contributed by atoms with Gasteiger partial charge in [0.15, 0.2) is 5.76 Å². The van der Waals surface area contributed by atoms with Crippen molar-refractivity contribution in [2.24, 2.45) is 0 Å². The molecule has 1 N–H and O–H groups in total. The van der Waals surface area contributed by atoms with Crippen LogP contribution in [0.5, 0.6) is 0 Å². The van der Waals surface area contributed by atoms with Crippen LogP contribution >= 0.6 is 0 Å². The maximum Gasteiger partial charge on any atom is 0.289 e. The molecule has 0 atom stereocenters. The van der Waals surface area contributed by atoms with E-state index in [0.29, 0.717) is 24.4 Å². The van der Waals surface area contributed by atoms with Crippen LogP contribution in [0.2, 0.25) is 0 Å². The third-order valence-corrected chi connectivity index (χ3v) is 4.73. The molecule has 25 heavy (non-hydrogen) atoms. The fourth-order valence-corrected chi connectivity index (χ4v) is 3.16. The minimum absolute atomic E-state index is 0.0403. The predicted octanol–water partition coefficient (Wildman–Crippen LogP) is 3.19. The molecule has 1 aliphatic rings. The van der Waals surface area contributed by atoms with Crippen molar-refractivity contribution < 1.29 is 14.0 Å². The van der Waals surface area contributed by atoms with Gasteiger partial charge >= 0.3 is 0 Å². The largest absolute Gasteiger partial charge is 0.456 e. The summed E-state index contributed by atoms with van der Waals surface area (Å²) >= 11 is 0. The Hall–Kier alpha value is -2.56. The number of furan rings is 1. The van der Waals surface area contributed by atoms with Gasteiger partial charge in [-0.05, 0) is 43.5 Å². The lowest BCUT2D eigenvalue weighted by atomic mass is 10.0. The van der Waals surface area contributed by atoms with Gasteiger partial charge in [0, 0.05) is 31.1 Å². The van der Waals surface area contributed by atoms with Crippen molar-refractivity contribution in [2.75, 3.05) is 13.1 Å². The Bertz CT molecular complexity index is 758. The van der Waals surface area contributed by atoms with Gasteiger partial charge in [-0.15, -0.1) is 0 Å². The molecule has 1 aromatic heterocycles. The molecule has 0 bridgehead atoms. The second kappa shape index (κ2) is 7.55. The molecule has 1 aliphatic heterocycles. The zero-order valence-corrected chi connectivity index (χ0v) is 14.7. The highest BCUT2D eigenvalue weighted by atomic mass is 16.4. The van der Waals surface area contributed by atoms with Gasteiger partial charge in [-0.1, -0.05) is 25.1 Å². The molecule has 0 aliphatic carbocycles. The number of piperidine rings is 1. The summed E-state index contributed by atoms with van der Waals surface area (Å²) in [5.74, 6) is 1.12. The first kappa shape index (κ1) is 17.3. The summed E-state index contributed by atoms with van der Waals surface area (Å²) < 4.78 is 5.55. The van der Waals surface area contributed by atoms with Crippen LogP contribution in [0, 0.1) is 6.92 Å². The number of benzene rings is 1. The Morgan fingerprint density at radius 1 is 1.16 bits per heavy atom. The molecule has 1 aromatic carbocycles. The average molecular weight is 340 g/mol. The smallest absolute Gasteiger partial charge is 0.289 e. The highest BCUT2D eigenvalue weighted by Gasteiger charge is 2.26. The first-order valence-electron chi connectivity index (χ1n) is 8.83. The zero-order chi connectivity index (χ0) is 17.8. The van der Waals surface area contributed by atoms with E-state index in [2.05, 4.69) is 5.32 Å². The highest BCUT2D eigenvalue weighted by Crippen LogP contribution is 2.17. The van der Waals surface area contributed by atoms with Crippen LogP contribution in [-0.4, -0.2) is 35.8 Å². The van der Waals surface area contributed by atoms with Gasteiger partial charge in [-0.2, -0.15) is 0 Å². The van der Waals surface area contributed by atoms with Gasteiger partial charge in [0.25, 0.3) is 11.8 Å². The third kappa shape index (κ3) is 3.92. The maximum absolute atomic E-state index is 12.5. The van der Waals surface area contributed by atoms with Gasteiger partial charge in [-0.25, -0.2) is 0 Å². The van der Waals surface area contributed by atoms with Gasteiger partial charge < -0.3 is 14.6 Å². The number of hydrogen-bond acceptors (Lipinski definition) is 3. The molecular formula is C20H24N2O3. The number of nitrogens with one attached hydrogen (secondary N) is 1. The monoisotopic (exact) mass is 340 g/mol. The fraction of sp³-hybridized carbons (Fsp3) is 0.400. The summed E-state index contributed by atoms with van der Waals surface area (Å²) in [6, 6.07) is 11.3. The van der Waals surface area contributed by atoms with Gasteiger partial charge in [0.05, 0.1) is 0 Å². The Labute approximate surface area is 148 Å². The summed E-state index contributed by atoms with van der Waals surface area (Å²) in [7, 11) is 0. The van der Waals surface area contributed by atoms with Crippen LogP contribution in [0.4, 0.5) is 0 Å². The van der Waals surface area contributed by atoms with E-state index in [1.54, 1.807) is 11.0 Å². The summed E-state index contributed by atoms with van der Waals surface area (Å²) in [5, 5.41) is 3.09. The number of carbonyl (C=O) groups excluding carboxylic acids is 2. The fourth-order valence-electron chi connectivity index (χ4n) is 3.16. The molecule has 2 heterocycles. The van der Waals surface area contributed by atoms with Crippen molar-refractivity contribution in [3.63, 3.8) is 0 Å². The molecule has 2 aromatic rings. The van der Waals surface area contributed by atoms with Crippen LogP contribution in [-0.2, 0) is 6.42 Å². The minimum Gasteiger partial charge on any atom is -0.456 e. The quantitative estimate of drug-likeness (QED) is 0.930. The molecule has 0 spiro atoms. The van der Waals surface area contributed by atoms with Crippen molar-refractivity contribution in [3.05, 3.63) is 59.0 Å². The number of nitrogens with zero attached hydrogens (tertiary/aromatic N) is 1. The van der Waals surface area contributed by atoms with Crippen molar-refractivity contribution >= 4 is 11.8 Å². The van der Waals surface area contributed by atoms with Gasteiger partial charge in [-0.3, -0.25) is 9.59 Å². The lowest BCUT2D eigenvalue weighted by Gasteiger charge is -2.32. The Kier molecular flexibility index (Phi) is 5.22. The standard InChI is InChI=1S/C20H24N2O3/c1-3-16-8-9-18(25-16)20(24)22-12-10-15(11-13-22)21-19(23)17-7-5-4-6-14(17)2/h4-9,15H,3,10-13H2,1-2H3,(H,21,23). The summed E-state index contributed by atoms with van der Waals surface area (Å²) in [6.07, 6.45) is 2.29. The topological polar surface area (TPSA) is 62.6 Å². The molecule has 132 valence electrons. The summed E-state index contributed by atoms with van der Waals surface area (Å²) in [6.45, 7) is 5.18. The summed E-state index contributed by atoms with van der Waals surface area (Å²) in [5.41, 5.74) is 1.68. The zero-order valence-electron chi connectivity index (χ0n) is 14.7. The normalized spacial score (nSPS) is 15.2. The van der Waals surface area contributed by atoms with Gasteiger partial charge in [0.1, 0.15) is 5.76 Å². The van der Waals surface area contributed by atoms with E-state index in [0.717, 1.165) is 30.6 Å². The first-order chi connectivity index (χ1) is 12.1. The number of likely N-dealkylation sites (tertiary alicyclic amines) is 1. The Morgan fingerprint density at radius 3 is 2.52 bits per heavy atom. The van der Waals surface area contributed by atoms with E-state index in [4.69, 9.17) is 4.42 Å². The van der Waals surface area contributed by atoms with Crippen molar-refractivity contribution in [2.45, 2.75) is 39.2 Å². The lowest BCUT2D eigenvalue weighted by molar-refractivity contribution is 0.0665. The predicted molar refractivity (Wildman–Crippen MR) is 95.7 cm³/mol. The highest BCUT2D eigenvalue weighted by molar-refractivity contribution is 5.95. The molecule has 5 heteroatoms. The van der Waals surface area contributed by atoms with Crippen LogP contribution in [0.1, 0.15) is 52.0 Å². The summed E-state index contributed by atoms with van der Waals surface area (Å²) in [4.78, 5) is 26.7. The van der Waals surface area contributed by atoms with E-state index >= 15 is 0 Å². The number of carbonyl (C=O) groups is 2. The van der Waals surface area contributed by atoms with Crippen LogP contribution < -0.4 is 5.32 Å². The Morgan fingerprint density at radius 2 is 1.88 bits per heavy atom. The average Bonchev–Trinajstić information content (AvgIpc) is 3.11. The van der Waals surface area contributed by atoms with Crippen LogP contribution in [0.3, 0.4) is 0 Å². The molecule has 0 saturated carbocycles. The number of rotatable bonds is 4. The third-order valence-electron chi connectivity index (χ3n) is 4.73. The van der Waals surface area contributed by atoms with E-state index in [9.17, 15) is 9.59 Å².